The second kappa shape index (κ2) is 6.53. The Morgan fingerprint density at radius 2 is 2.33 bits per heavy atom. The molecule has 1 aliphatic heterocycles. The number of nitro benzene ring substituents is 1. The molecule has 1 atom stereocenters. The lowest BCUT2D eigenvalue weighted by Crippen LogP contribution is -2.23. The maximum atomic E-state index is 11.7. The highest BCUT2D eigenvalue weighted by Gasteiger charge is 2.28. The lowest BCUT2D eigenvalue weighted by molar-refractivity contribution is -0.384. The highest BCUT2D eigenvalue weighted by atomic mass is 16.6. The number of nitrogens with one attached hydrogen (secondary N) is 1. The monoisotopic (exact) mass is 293 g/mol. The van der Waals surface area contributed by atoms with E-state index in [4.69, 9.17) is 5.11 Å². The van der Waals surface area contributed by atoms with Crippen LogP contribution in [0.1, 0.15) is 23.2 Å². The molecule has 0 saturated carbocycles. The van der Waals surface area contributed by atoms with Gasteiger partial charge in [0, 0.05) is 38.4 Å². The molecular weight excluding hydrogens is 274 g/mol. The molecule has 1 fully saturated rings. The van der Waals surface area contributed by atoms with E-state index in [1.54, 1.807) is 6.07 Å². The van der Waals surface area contributed by atoms with Gasteiger partial charge in [0.15, 0.2) is 0 Å². The Morgan fingerprint density at radius 1 is 1.57 bits per heavy atom. The zero-order chi connectivity index (χ0) is 15.4. The van der Waals surface area contributed by atoms with Crippen molar-refractivity contribution in [3.8, 4) is 0 Å². The first kappa shape index (κ1) is 15.2. The van der Waals surface area contributed by atoms with E-state index in [0.29, 0.717) is 36.7 Å². The van der Waals surface area contributed by atoms with Gasteiger partial charge in [-0.3, -0.25) is 14.9 Å². The van der Waals surface area contributed by atoms with Crippen molar-refractivity contribution in [2.45, 2.75) is 12.8 Å². The Hall–Kier alpha value is -2.15. The molecule has 0 aromatic heterocycles. The van der Waals surface area contributed by atoms with Gasteiger partial charge in [0.2, 0.25) is 0 Å². The van der Waals surface area contributed by atoms with Gasteiger partial charge in [-0.05, 0) is 30.9 Å². The number of anilines is 1. The predicted octanol–water partition coefficient (Wildman–Crippen LogP) is 1.16. The zero-order valence-electron chi connectivity index (χ0n) is 11.9. The van der Waals surface area contributed by atoms with E-state index >= 15 is 0 Å². The van der Waals surface area contributed by atoms with Gasteiger partial charge in [-0.15, -0.1) is 0 Å². The van der Waals surface area contributed by atoms with E-state index in [9.17, 15) is 14.9 Å². The SMILES string of the molecule is CNC(=O)c1ccc([N+](=O)[O-])c(N2CCC(CCO)C2)c1. The fourth-order valence-electron chi connectivity index (χ4n) is 2.69. The highest BCUT2D eigenvalue weighted by molar-refractivity contribution is 5.95. The molecule has 1 heterocycles. The molecule has 1 saturated heterocycles. The standard InChI is InChI=1S/C14H19N3O4/c1-15-14(19)11-2-3-12(17(20)21)13(8-11)16-6-4-10(9-16)5-7-18/h2-3,8,10,18H,4-7,9H2,1H3,(H,15,19). The lowest BCUT2D eigenvalue weighted by atomic mass is 10.1. The van der Waals surface area contributed by atoms with Gasteiger partial charge < -0.3 is 15.3 Å². The third-order valence-corrected chi connectivity index (χ3v) is 3.83. The molecule has 7 heteroatoms. The van der Waals surface area contributed by atoms with Crippen LogP contribution in [0.4, 0.5) is 11.4 Å². The van der Waals surface area contributed by atoms with E-state index in [-0.39, 0.29) is 18.2 Å². The summed E-state index contributed by atoms with van der Waals surface area (Å²) in [4.78, 5) is 24.4. The van der Waals surface area contributed by atoms with Crippen LogP contribution in [-0.4, -0.2) is 42.7 Å². The molecule has 21 heavy (non-hydrogen) atoms. The van der Waals surface area contributed by atoms with Crippen LogP contribution in [0.3, 0.4) is 0 Å². The van der Waals surface area contributed by atoms with Crippen LogP contribution in [-0.2, 0) is 0 Å². The number of hydrogen-bond acceptors (Lipinski definition) is 5. The molecule has 0 radical (unpaired) electrons. The van der Waals surface area contributed by atoms with E-state index in [2.05, 4.69) is 5.32 Å². The largest absolute Gasteiger partial charge is 0.396 e. The summed E-state index contributed by atoms with van der Waals surface area (Å²) in [5.74, 6) is 0.0653. The summed E-state index contributed by atoms with van der Waals surface area (Å²) in [5.41, 5.74) is 0.887. The molecule has 1 aliphatic rings. The van der Waals surface area contributed by atoms with Gasteiger partial charge in [0.1, 0.15) is 5.69 Å². The van der Waals surface area contributed by atoms with Crippen molar-refractivity contribution in [3.05, 3.63) is 33.9 Å². The van der Waals surface area contributed by atoms with Crippen LogP contribution in [0.2, 0.25) is 0 Å². The maximum absolute atomic E-state index is 11.7. The number of aliphatic hydroxyl groups excluding tert-OH is 1. The molecule has 1 aromatic carbocycles. The quantitative estimate of drug-likeness (QED) is 0.627. The summed E-state index contributed by atoms with van der Waals surface area (Å²) in [6, 6.07) is 4.40. The molecule has 2 N–H and O–H groups in total. The second-order valence-electron chi connectivity index (χ2n) is 5.15. The van der Waals surface area contributed by atoms with Crippen LogP contribution < -0.4 is 10.2 Å². The Morgan fingerprint density at radius 3 is 2.95 bits per heavy atom. The third kappa shape index (κ3) is 3.30. The molecule has 0 bridgehead atoms. The first-order valence-corrected chi connectivity index (χ1v) is 6.93. The van der Waals surface area contributed by atoms with Gasteiger partial charge >= 0.3 is 0 Å². The number of amides is 1. The Balaban J connectivity index is 2.31. The van der Waals surface area contributed by atoms with E-state index in [1.807, 2.05) is 4.90 Å². The molecule has 1 aromatic rings. The average Bonchev–Trinajstić information content (AvgIpc) is 2.94. The normalized spacial score (nSPS) is 17.8. The molecule has 2 rings (SSSR count). The van der Waals surface area contributed by atoms with Crippen molar-refractivity contribution in [2.24, 2.45) is 5.92 Å². The van der Waals surface area contributed by atoms with Crippen molar-refractivity contribution in [3.63, 3.8) is 0 Å². The lowest BCUT2D eigenvalue weighted by Gasteiger charge is -2.19. The minimum atomic E-state index is -0.428. The number of nitrogens with zero attached hydrogens (tertiary/aromatic N) is 2. The van der Waals surface area contributed by atoms with Crippen molar-refractivity contribution in [2.75, 3.05) is 31.6 Å². The number of nitro groups is 1. The Labute approximate surface area is 122 Å². The second-order valence-corrected chi connectivity index (χ2v) is 5.15. The summed E-state index contributed by atoms with van der Waals surface area (Å²) in [7, 11) is 1.52. The Bertz CT molecular complexity index is 547. The third-order valence-electron chi connectivity index (χ3n) is 3.83. The van der Waals surface area contributed by atoms with Crippen LogP contribution in [0.5, 0.6) is 0 Å². The number of aliphatic hydroxyl groups is 1. The van der Waals surface area contributed by atoms with E-state index in [0.717, 1.165) is 6.42 Å². The summed E-state index contributed by atoms with van der Waals surface area (Å²) < 4.78 is 0. The minimum Gasteiger partial charge on any atom is -0.396 e. The summed E-state index contributed by atoms with van der Waals surface area (Å²) in [5, 5.41) is 22.7. The zero-order valence-corrected chi connectivity index (χ0v) is 11.9. The van der Waals surface area contributed by atoms with E-state index in [1.165, 1.54) is 19.2 Å². The molecular formula is C14H19N3O4. The maximum Gasteiger partial charge on any atom is 0.292 e. The van der Waals surface area contributed by atoms with Crippen molar-refractivity contribution in [1.82, 2.24) is 5.32 Å². The van der Waals surface area contributed by atoms with Gasteiger partial charge in [0.05, 0.1) is 4.92 Å². The van der Waals surface area contributed by atoms with Crippen molar-refractivity contribution < 1.29 is 14.8 Å². The number of carbonyl (C=O) groups excluding carboxylic acids is 1. The first-order valence-electron chi connectivity index (χ1n) is 6.93. The predicted molar refractivity (Wildman–Crippen MR) is 78.5 cm³/mol. The van der Waals surface area contributed by atoms with Crippen molar-refractivity contribution in [1.29, 1.82) is 0 Å². The minimum absolute atomic E-state index is 0.00676. The average molecular weight is 293 g/mol. The van der Waals surface area contributed by atoms with Crippen molar-refractivity contribution >= 4 is 17.3 Å². The number of benzene rings is 1. The molecule has 0 aliphatic carbocycles. The first-order chi connectivity index (χ1) is 10.1. The summed E-state index contributed by atoms with van der Waals surface area (Å²) in [6.45, 7) is 1.49. The number of carbonyl (C=O) groups is 1. The fourth-order valence-corrected chi connectivity index (χ4v) is 2.69. The van der Waals surface area contributed by atoms with E-state index < -0.39 is 4.92 Å². The molecule has 0 spiro atoms. The fraction of sp³-hybridized carbons (Fsp3) is 0.500. The number of rotatable bonds is 5. The Kier molecular flexibility index (Phi) is 4.74. The van der Waals surface area contributed by atoms with Crippen LogP contribution in [0.25, 0.3) is 0 Å². The van der Waals surface area contributed by atoms with Gasteiger partial charge in [-0.1, -0.05) is 0 Å². The summed E-state index contributed by atoms with van der Waals surface area (Å²) >= 11 is 0. The molecule has 1 amide bonds. The number of hydrogen-bond donors (Lipinski definition) is 2. The van der Waals surface area contributed by atoms with Crippen LogP contribution in [0, 0.1) is 16.0 Å². The molecule has 7 nitrogen and oxygen atoms in total. The van der Waals surface area contributed by atoms with Gasteiger partial charge in [0.25, 0.3) is 11.6 Å². The molecule has 1 unspecified atom stereocenters. The molecule has 114 valence electrons. The van der Waals surface area contributed by atoms with Crippen LogP contribution >= 0.6 is 0 Å². The topological polar surface area (TPSA) is 95.7 Å². The van der Waals surface area contributed by atoms with Gasteiger partial charge in [-0.2, -0.15) is 0 Å². The van der Waals surface area contributed by atoms with Gasteiger partial charge in [-0.25, -0.2) is 0 Å². The van der Waals surface area contributed by atoms with Crippen LogP contribution in [0.15, 0.2) is 18.2 Å². The summed E-state index contributed by atoms with van der Waals surface area (Å²) in [6.07, 6.45) is 1.58. The highest BCUT2D eigenvalue weighted by Crippen LogP contribution is 2.33. The smallest absolute Gasteiger partial charge is 0.292 e.